The molecule has 1 amide bonds. The van der Waals surface area contributed by atoms with Crippen LogP contribution in [0.1, 0.15) is 0 Å². The lowest BCUT2D eigenvalue weighted by Gasteiger charge is -2.05. The summed E-state index contributed by atoms with van der Waals surface area (Å²) in [6.07, 6.45) is 0. The summed E-state index contributed by atoms with van der Waals surface area (Å²) in [5, 5.41) is 11.6. The zero-order valence-electron chi connectivity index (χ0n) is 7.77. The summed E-state index contributed by atoms with van der Waals surface area (Å²) in [4.78, 5) is 10.8. The number of nitrogens with zero attached hydrogens (tertiary/aromatic N) is 1. The SMILES string of the molecule is N#C/C(C(N)=O)=C(/S)Nc1ccccc1. The Morgan fingerprint density at radius 1 is 1.40 bits per heavy atom. The standard InChI is InChI=1S/C10H9N3OS/c11-6-8(9(12)14)10(15)13-7-4-2-1-3-5-7/h1-5,13,15H,(H2,12,14)/b10-8-. The Kier molecular flexibility index (Phi) is 3.77. The minimum Gasteiger partial charge on any atom is -0.365 e. The van der Waals surface area contributed by atoms with E-state index >= 15 is 0 Å². The molecule has 4 nitrogen and oxygen atoms in total. The van der Waals surface area contributed by atoms with Crippen molar-refractivity contribution in [3.63, 3.8) is 0 Å². The van der Waals surface area contributed by atoms with Gasteiger partial charge in [-0.15, -0.1) is 12.6 Å². The second kappa shape index (κ2) is 5.08. The number of anilines is 1. The Hall–Kier alpha value is -1.93. The monoisotopic (exact) mass is 219 g/mol. The molecule has 3 N–H and O–H groups in total. The predicted molar refractivity (Wildman–Crippen MR) is 60.9 cm³/mol. The van der Waals surface area contributed by atoms with Gasteiger partial charge in [-0.05, 0) is 12.1 Å². The van der Waals surface area contributed by atoms with Gasteiger partial charge < -0.3 is 11.1 Å². The first kappa shape index (κ1) is 11.1. The Morgan fingerprint density at radius 2 is 2.00 bits per heavy atom. The van der Waals surface area contributed by atoms with Crippen LogP contribution >= 0.6 is 12.6 Å². The van der Waals surface area contributed by atoms with Crippen molar-refractivity contribution in [2.45, 2.75) is 0 Å². The van der Waals surface area contributed by atoms with E-state index in [2.05, 4.69) is 17.9 Å². The van der Waals surface area contributed by atoms with E-state index in [0.717, 1.165) is 5.69 Å². The average Bonchev–Trinajstić information content (AvgIpc) is 2.19. The van der Waals surface area contributed by atoms with E-state index in [0.29, 0.717) is 0 Å². The lowest BCUT2D eigenvalue weighted by Crippen LogP contribution is -2.15. The molecular formula is C10H9N3OS. The fraction of sp³-hybridized carbons (Fsp3) is 0. The van der Waals surface area contributed by atoms with Crippen LogP contribution in [0.5, 0.6) is 0 Å². The van der Waals surface area contributed by atoms with E-state index in [9.17, 15) is 4.79 Å². The molecule has 0 spiro atoms. The summed E-state index contributed by atoms with van der Waals surface area (Å²) in [7, 11) is 0. The van der Waals surface area contributed by atoms with Crippen LogP contribution in [0.2, 0.25) is 0 Å². The highest BCUT2D eigenvalue weighted by Crippen LogP contribution is 2.14. The molecule has 1 aromatic carbocycles. The molecule has 15 heavy (non-hydrogen) atoms. The highest BCUT2D eigenvalue weighted by Gasteiger charge is 2.08. The second-order valence-corrected chi connectivity index (χ2v) is 3.14. The van der Waals surface area contributed by atoms with Crippen molar-refractivity contribution in [3.8, 4) is 6.07 Å². The number of hydrogen-bond acceptors (Lipinski definition) is 4. The van der Waals surface area contributed by atoms with Crippen molar-refractivity contribution in [2.75, 3.05) is 5.32 Å². The Morgan fingerprint density at radius 3 is 2.47 bits per heavy atom. The molecule has 0 aliphatic heterocycles. The number of nitriles is 1. The molecule has 76 valence electrons. The van der Waals surface area contributed by atoms with Crippen molar-refractivity contribution >= 4 is 24.2 Å². The number of carbonyl (C=O) groups excluding carboxylic acids is 1. The molecule has 0 aliphatic rings. The van der Waals surface area contributed by atoms with Crippen molar-refractivity contribution in [2.24, 2.45) is 5.73 Å². The maximum absolute atomic E-state index is 10.8. The zero-order valence-corrected chi connectivity index (χ0v) is 8.66. The molecule has 0 unspecified atom stereocenters. The van der Waals surface area contributed by atoms with Crippen LogP contribution < -0.4 is 11.1 Å². The maximum Gasteiger partial charge on any atom is 0.262 e. The summed E-state index contributed by atoms with van der Waals surface area (Å²) < 4.78 is 0. The third-order valence-corrected chi connectivity index (χ3v) is 1.97. The largest absolute Gasteiger partial charge is 0.365 e. The predicted octanol–water partition coefficient (Wildman–Crippen LogP) is 1.25. The number of primary amides is 1. The number of para-hydroxylation sites is 1. The van der Waals surface area contributed by atoms with E-state index in [4.69, 9.17) is 11.0 Å². The molecule has 0 saturated carbocycles. The first-order chi connectivity index (χ1) is 7.15. The zero-order chi connectivity index (χ0) is 11.3. The van der Waals surface area contributed by atoms with Gasteiger partial charge in [0.2, 0.25) is 0 Å². The van der Waals surface area contributed by atoms with Crippen molar-refractivity contribution in [3.05, 3.63) is 40.9 Å². The number of hydrogen-bond donors (Lipinski definition) is 3. The minimum absolute atomic E-state index is 0.149. The quantitative estimate of drug-likeness (QED) is 0.406. The summed E-state index contributed by atoms with van der Waals surface area (Å²) in [5.41, 5.74) is 5.53. The van der Waals surface area contributed by atoms with Gasteiger partial charge in [0.15, 0.2) is 0 Å². The van der Waals surface area contributed by atoms with Gasteiger partial charge in [-0.2, -0.15) is 5.26 Å². The van der Waals surface area contributed by atoms with Crippen molar-refractivity contribution in [1.29, 1.82) is 5.26 Å². The number of thiol groups is 1. The summed E-state index contributed by atoms with van der Waals surface area (Å²) >= 11 is 4.00. The van der Waals surface area contributed by atoms with Crippen molar-refractivity contribution < 1.29 is 4.79 Å². The fourth-order valence-electron chi connectivity index (χ4n) is 0.945. The smallest absolute Gasteiger partial charge is 0.262 e. The van der Waals surface area contributed by atoms with Crippen LogP contribution in [0.25, 0.3) is 0 Å². The molecule has 1 aromatic rings. The number of nitrogens with one attached hydrogen (secondary N) is 1. The van der Waals surface area contributed by atoms with Gasteiger partial charge in [0.25, 0.3) is 5.91 Å². The van der Waals surface area contributed by atoms with E-state index < -0.39 is 5.91 Å². The molecule has 0 radical (unpaired) electrons. The van der Waals surface area contributed by atoms with Crippen LogP contribution in [-0.2, 0) is 4.79 Å². The molecule has 0 atom stereocenters. The van der Waals surface area contributed by atoms with Gasteiger partial charge >= 0.3 is 0 Å². The first-order valence-electron chi connectivity index (χ1n) is 4.10. The number of nitrogens with two attached hydrogens (primary N) is 1. The average molecular weight is 219 g/mol. The lowest BCUT2D eigenvalue weighted by molar-refractivity contribution is -0.114. The maximum atomic E-state index is 10.8. The topological polar surface area (TPSA) is 78.9 Å². The van der Waals surface area contributed by atoms with Crippen LogP contribution in [0.4, 0.5) is 5.69 Å². The molecule has 5 heteroatoms. The summed E-state index contributed by atoms with van der Waals surface area (Å²) in [6.45, 7) is 0. The Balaban J connectivity index is 2.92. The molecule has 0 bridgehead atoms. The molecule has 0 aromatic heterocycles. The first-order valence-corrected chi connectivity index (χ1v) is 4.55. The van der Waals surface area contributed by atoms with Crippen LogP contribution in [0, 0.1) is 11.3 Å². The van der Waals surface area contributed by atoms with E-state index in [1.54, 1.807) is 18.2 Å². The molecular weight excluding hydrogens is 210 g/mol. The highest BCUT2D eigenvalue weighted by molar-refractivity contribution is 7.84. The third kappa shape index (κ3) is 3.04. The number of rotatable bonds is 3. The summed E-state index contributed by atoms with van der Waals surface area (Å²) in [5.74, 6) is -0.800. The lowest BCUT2D eigenvalue weighted by atomic mass is 10.3. The second-order valence-electron chi connectivity index (χ2n) is 2.69. The van der Waals surface area contributed by atoms with Gasteiger partial charge in [0.1, 0.15) is 11.6 Å². The van der Waals surface area contributed by atoms with Gasteiger partial charge in [-0.3, -0.25) is 4.79 Å². The van der Waals surface area contributed by atoms with Gasteiger partial charge in [0, 0.05) is 5.69 Å². The van der Waals surface area contributed by atoms with E-state index in [1.807, 2.05) is 18.2 Å². The van der Waals surface area contributed by atoms with E-state index in [1.165, 1.54) is 0 Å². The normalized spacial score (nSPS) is 11.2. The van der Waals surface area contributed by atoms with Gasteiger partial charge in [0.05, 0.1) is 5.03 Å². The number of carbonyl (C=O) groups is 1. The molecule has 1 rings (SSSR count). The molecule has 0 aliphatic carbocycles. The third-order valence-electron chi connectivity index (χ3n) is 1.63. The van der Waals surface area contributed by atoms with Crippen molar-refractivity contribution in [1.82, 2.24) is 0 Å². The van der Waals surface area contributed by atoms with Crippen LogP contribution in [0.3, 0.4) is 0 Å². The minimum atomic E-state index is -0.800. The number of amides is 1. The fourth-order valence-corrected chi connectivity index (χ4v) is 1.23. The van der Waals surface area contributed by atoms with Crippen LogP contribution in [0.15, 0.2) is 40.9 Å². The van der Waals surface area contributed by atoms with Crippen LogP contribution in [-0.4, -0.2) is 5.91 Å². The van der Waals surface area contributed by atoms with E-state index in [-0.39, 0.29) is 10.6 Å². The van der Waals surface area contributed by atoms with Gasteiger partial charge in [-0.1, -0.05) is 18.2 Å². The molecule has 0 heterocycles. The number of benzene rings is 1. The summed E-state index contributed by atoms with van der Waals surface area (Å²) in [6, 6.07) is 10.7. The molecule has 0 saturated heterocycles. The Bertz CT molecular complexity index is 434. The molecule has 0 fully saturated rings. The van der Waals surface area contributed by atoms with Gasteiger partial charge in [-0.25, -0.2) is 0 Å². The Labute approximate surface area is 92.8 Å². The highest BCUT2D eigenvalue weighted by atomic mass is 32.1.